The third kappa shape index (κ3) is 3.47. The number of amides is 3. The molecule has 4 rings (SSSR count). The summed E-state index contributed by atoms with van der Waals surface area (Å²) in [6.45, 7) is 3.66. The second-order valence-electron chi connectivity index (χ2n) is 7.03. The number of carbonyl (C=O) groups is 3. The molecule has 2 aliphatic rings. The van der Waals surface area contributed by atoms with E-state index in [1.807, 2.05) is 19.9 Å². The maximum absolute atomic E-state index is 13.0. The van der Waals surface area contributed by atoms with Crippen LogP contribution >= 0.6 is 11.6 Å². The van der Waals surface area contributed by atoms with Crippen molar-refractivity contribution >= 4 is 40.7 Å². The third-order valence-electron chi connectivity index (χ3n) is 5.02. The van der Waals surface area contributed by atoms with E-state index in [0.717, 1.165) is 16.0 Å². The van der Waals surface area contributed by atoms with Crippen LogP contribution in [-0.4, -0.2) is 41.4 Å². The molecule has 2 atom stereocenters. The number of carbonyl (C=O) groups excluding carboxylic acids is 3. The van der Waals surface area contributed by atoms with Crippen molar-refractivity contribution in [2.45, 2.75) is 25.9 Å². The summed E-state index contributed by atoms with van der Waals surface area (Å²) in [5.74, 6) is -1.27. The van der Waals surface area contributed by atoms with E-state index in [4.69, 9.17) is 11.6 Å². The zero-order chi connectivity index (χ0) is 20.7. The molecule has 0 spiro atoms. The number of rotatable bonds is 4. The van der Waals surface area contributed by atoms with Gasteiger partial charge in [0.1, 0.15) is 6.54 Å². The van der Waals surface area contributed by atoms with E-state index in [9.17, 15) is 14.4 Å². The van der Waals surface area contributed by atoms with Crippen molar-refractivity contribution in [3.63, 3.8) is 0 Å². The van der Waals surface area contributed by atoms with E-state index in [1.165, 1.54) is 5.01 Å². The Morgan fingerprint density at radius 1 is 1.10 bits per heavy atom. The number of anilines is 2. The molecule has 2 aromatic carbocycles. The van der Waals surface area contributed by atoms with Crippen molar-refractivity contribution < 1.29 is 14.4 Å². The van der Waals surface area contributed by atoms with Gasteiger partial charge in [-0.25, -0.2) is 4.90 Å². The first kappa shape index (κ1) is 19.1. The van der Waals surface area contributed by atoms with Crippen LogP contribution in [0, 0.1) is 13.8 Å². The van der Waals surface area contributed by atoms with Gasteiger partial charge in [0.05, 0.1) is 5.69 Å². The Morgan fingerprint density at radius 2 is 1.90 bits per heavy atom. The van der Waals surface area contributed by atoms with Gasteiger partial charge >= 0.3 is 0 Å². The van der Waals surface area contributed by atoms with Crippen LogP contribution in [0.5, 0.6) is 0 Å². The van der Waals surface area contributed by atoms with Crippen LogP contribution in [0.1, 0.15) is 11.1 Å². The molecule has 0 bridgehead atoms. The Balaban J connectivity index is 1.50. The maximum atomic E-state index is 13.0. The summed E-state index contributed by atoms with van der Waals surface area (Å²) in [7, 11) is 0. The standard InChI is InChI=1S/C20H18ClN5O3/c1-11-6-7-15(8-12(11)2)26-19(28)17-18(20(26)29)25(24-23-17)10-16(27)22-14-5-3-4-13(21)9-14/h3-9,17-18H,10H2,1-2H3,(H,22,27)/t17-,18+/m1/s1. The van der Waals surface area contributed by atoms with Crippen molar-refractivity contribution in [1.29, 1.82) is 0 Å². The predicted octanol–water partition coefficient (Wildman–Crippen LogP) is 2.89. The third-order valence-corrected chi connectivity index (χ3v) is 5.26. The van der Waals surface area contributed by atoms with Gasteiger partial charge in [0.2, 0.25) is 5.91 Å². The maximum Gasteiger partial charge on any atom is 0.263 e. The molecule has 1 saturated heterocycles. The molecule has 148 valence electrons. The average molecular weight is 412 g/mol. The summed E-state index contributed by atoms with van der Waals surface area (Å²) in [6.07, 6.45) is 0. The van der Waals surface area contributed by atoms with Crippen LogP contribution in [0.4, 0.5) is 11.4 Å². The number of hydrogen-bond acceptors (Lipinski definition) is 6. The van der Waals surface area contributed by atoms with Crippen LogP contribution in [0.15, 0.2) is 52.8 Å². The summed E-state index contributed by atoms with van der Waals surface area (Å²) >= 11 is 5.92. The van der Waals surface area contributed by atoms with Crippen molar-refractivity contribution in [2.24, 2.45) is 10.3 Å². The monoisotopic (exact) mass is 411 g/mol. The lowest BCUT2D eigenvalue weighted by atomic mass is 10.1. The highest BCUT2D eigenvalue weighted by Gasteiger charge is 2.55. The lowest BCUT2D eigenvalue weighted by Gasteiger charge is -2.20. The minimum Gasteiger partial charge on any atom is -0.324 e. The van der Waals surface area contributed by atoms with E-state index in [1.54, 1.807) is 36.4 Å². The Morgan fingerprint density at radius 3 is 2.62 bits per heavy atom. The molecule has 0 aliphatic carbocycles. The smallest absolute Gasteiger partial charge is 0.263 e. The number of fused-ring (bicyclic) bond motifs is 1. The van der Waals surface area contributed by atoms with Gasteiger partial charge in [0, 0.05) is 10.7 Å². The highest BCUT2D eigenvalue weighted by atomic mass is 35.5. The number of imide groups is 1. The Kier molecular flexibility index (Phi) is 4.79. The molecule has 2 aromatic rings. The summed E-state index contributed by atoms with van der Waals surface area (Å²) in [5.41, 5.74) is 3.06. The van der Waals surface area contributed by atoms with Gasteiger partial charge < -0.3 is 5.32 Å². The largest absolute Gasteiger partial charge is 0.324 e. The minimum absolute atomic E-state index is 0.211. The normalized spacial score (nSPS) is 20.4. The van der Waals surface area contributed by atoms with Crippen LogP contribution < -0.4 is 10.2 Å². The summed E-state index contributed by atoms with van der Waals surface area (Å²) in [4.78, 5) is 39.3. The quantitative estimate of drug-likeness (QED) is 0.782. The molecule has 0 saturated carbocycles. The Labute approximate surface area is 172 Å². The fourth-order valence-electron chi connectivity index (χ4n) is 3.39. The van der Waals surface area contributed by atoms with E-state index in [-0.39, 0.29) is 6.54 Å². The predicted molar refractivity (Wildman–Crippen MR) is 108 cm³/mol. The minimum atomic E-state index is -0.942. The zero-order valence-electron chi connectivity index (χ0n) is 15.8. The molecule has 0 aromatic heterocycles. The van der Waals surface area contributed by atoms with Crippen LogP contribution in [0.2, 0.25) is 5.02 Å². The van der Waals surface area contributed by atoms with E-state index in [2.05, 4.69) is 15.7 Å². The molecule has 2 aliphatic heterocycles. The van der Waals surface area contributed by atoms with Gasteiger partial charge in [-0.15, -0.1) is 0 Å². The molecule has 2 heterocycles. The number of aryl methyl sites for hydroxylation is 2. The van der Waals surface area contributed by atoms with Crippen LogP contribution in [-0.2, 0) is 14.4 Å². The number of benzene rings is 2. The molecule has 8 nitrogen and oxygen atoms in total. The van der Waals surface area contributed by atoms with Gasteiger partial charge in [-0.1, -0.05) is 29.0 Å². The second kappa shape index (κ2) is 7.29. The molecule has 0 unspecified atom stereocenters. The van der Waals surface area contributed by atoms with E-state index >= 15 is 0 Å². The van der Waals surface area contributed by atoms with Gasteiger partial charge in [0.25, 0.3) is 11.8 Å². The van der Waals surface area contributed by atoms with Crippen molar-refractivity contribution in [2.75, 3.05) is 16.8 Å². The molecular formula is C20H18ClN5O3. The fraction of sp³-hybridized carbons (Fsp3) is 0.250. The fourth-order valence-corrected chi connectivity index (χ4v) is 3.58. The number of nitrogens with zero attached hydrogens (tertiary/aromatic N) is 4. The average Bonchev–Trinajstić information content (AvgIpc) is 3.18. The van der Waals surface area contributed by atoms with Crippen molar-refractivity contribution in [3.05, 3.63) is 58.6 Å². The Bertz CT molecular complexity index is 1050. The second-order valence-corrected chi connectivity index (χ2v) is 7.47. The first-order valence-electron chi connectivity index (χ1n) is 9.03. The highest BCUT2D eigenvalue weighted by Crippen LogP contribution is 2.32. The van der Waals surface area contributed by atoms with Gasteiger partial charge in [-0.3, -0.25) is 19.4 Å². The molecule has 1 N–H and O–H groups in total. The number of hydrogen-bond donors (Lipinski definition) is 1. The summed E-state index contributed by atoms with van der Waals surface area (Å²) in [5, 5.41) is 12.3. The lowest BCUT2D eigenvalue weighted by Crippen LogP contribution is -2.43. The molecule has 1 fully saturated rings. The molecule has 3 amide bonds. The SMILES string of the molecule is Cc1ccc(N2C(=O)[C@@H]3[C@@H](N=NN3CC(=O)Nc3cccc(Cl)c3)C2=O)cc1C. The van der Waals surface area contributed by atoms with Crippen LogP contribution in [0.25, 0.3) is 0 Å². The van der Waals surface area contributed by atoms with E-state index < -0.39 is 29.8 Å². The Hall–Kier alpha value is -3.26. The summed E-state index contributed by atoms with van der Waals surface area (Å²) < 4.78 is 0. The zero-order valence-corrected chi connectivity index (χ0v) is 16.6. The van der Waals surface area contributed by atoms with Crippen LogP contribution in [0.3, 0.4) is 0 Å². The topological polar surface area (TPSA) is 94.4 Å². The summed E-state index contributed by atoms with van der Waals surface area (Å²) in [6, 6.07) is 10.2. The highest BCUT2D eigenvalue weighted by molar-refractivity contribution is 6.31. The van der Waals surface area contributed by atoms with E-state index in [0.29, 0.717) is 16.4 Å². The van der Waals surface area contributed by atoms with Gasteiger partial charge in [-0.05, 0) is 55.3 Å². The molecular weight excluding hydrogens is 394 g/mol. The first-order chi connectivity index (χ1) is 13.8. The molecule has 29 heavy (non-hydrogen) atoms. The first-order valence-corrected chi connectivity index (χ1v) is 9.41. The number of halogens is 1. The van der Waals surface area contributed by atoms with Crippen molar-refractivity contribution in [1.82, 2.24) is 5.01 Å². The van der Waals surface area contributed by atoms with Gasteiger partial charge in [0.15, 0.2) is 12.1 Å². The van der Waals surface area contributed by atoms with Crippen molar-refractivity contribution in [3.8, 4) is 0 Å². The molecule has 0 radical (unpaired) electrons. The number of nitrogens with one attached hydrogen (secondary N) is 1. The van der Waals surface area contributed by atoms with Gasteiger partial charge in [-0.2, -0.15) is 5.11 Å². The lowest BCUT2D eigenvalue weighted by molar-refractivity contribution is -0.123. The molecule has 9 heteroatoms.